The van der Waals surface area contributed by atoms with E-state index in [0.29, 0.717) is 17.0 Å². The summed E-state index contributed by atoms with van der Waals surface area (Å²) >= 11 is 0. The van der Waals surface area contributed by atoms with Gasteiger partial charge in [0.1, 0.15) is 11.4 Å². The molecule has 7 nitrogen and oxygen atoms in total. The molecular weight excluding hydrogens is 348 g/mol. The topological polar surface area (TPSA) is 93.7 Å². The van der Waals surface area contributed by atoms with Gasteiger partial charge < -0.3 is 20.1 Å². The van der Waals surface area contributed by atoms with Crippen molar-refractivity contribution in [1.82, 2.24) is 5.32 Å². The molecule has 2 N–H and O–H groups in total. The number of hydrogen-bond donors (Lipinski definition) is 2. The fourth-order valence-corrected chi connectivity index (χ4v) is 2.19. The van der Waals surface area contributed by atoms with E-state index in [4.69, 9.17) is 9.47 Å². The third-order valence-electron chi connectivity index (χ3n) is 3.36. The van der Waals surface area contributed by atoms with Crippen LogP contribution in [0, 0.1) is 0 Å². The Morgan fingerprint density at radius 1 is 1.00 bits per heavy atom. The summed E-state index contributed by atoms with van der Waals surface area (Å²) in [5.41, 5.74) is 1.11. The highest BCUT2D eigenvalue weighted by Gasteiger charge is 2.15. The number of para-hydroxylation sites is 2. The summed E-state index contributed by atoms with van der Waals surface area (Å²) < 4.78 is 10.2. The van der Waals surface area contributed by atoms with Gasteiger partial charge in [-0.3, -0.25) is 9.59 Å². The van der Waals surface area contributed by atoms with E-state index in [2.05, 4.69) is 10.6 Å². The van der Waals surface area contributed by atoms with Crippen LogP contribution in [0.1, 0.15) is 12.5 Å². The molecular formula is C20H20N2O5. The van der Waals surface area contributed by atoms with Crippen LogP contribution in [0.25, 0.3) is 6.08 Å². The van der Waals surface area contributed by atoms with E-state index >= 15 is 0 Å². The van der Waals surface area contributed by atoms with Crippen molar-refractivity contribution in [2.75, 3.05) is 19.0 Å². The molecule has 0 saturated carbocycles. The first-order valence-electron chi connectivity index (χ1n) is 8.14. The van der Waals surface area contributed by atoms with Gasteiger partial charge >= 0.3 is 5.97 Å². The quantitative estimate of drug-likeness (QED) is 0.578. The Kier molecular flexibility index (Phi) is 7.13. The van der Waals surface area contributed by atoms with Gasteiger partial charge in [-0.2, -0.15) is 0 Å². The molecule has 0 bridgehead atoms. The van der Waals surface area contributed by atoms with E-state index in [1.54, 1.807) is 48.5 Å². The van der Waals surface area contributed by atoms with Gasteiger partial charge in [0.2, 0.25) is 5.91 Å². The maximum atomic E-state index is 12.3. The van der Waals surface area contributed by atoms with E-state index in [0.717, 1.165) is 0 Å². The van der Waals surface area contributed by atoms with Crippen LogP contribution < -0.4 is 15.4 Å². The number of carbonyl (C=O) groups is 3. The lowest BCUT2D eigenvalue weighted by Gasteiger charge is -2.11. The molecule has 2 aromatic carbocycles. The summed E-state index contributed by atoms with van der Waals surface area (Å²) in [5.74, 6) is -1.29. The molecule has 0 aliphatic heterocycles. The molecule has 2 aromatic rings. The Labute approximate surface area is 157 Å². The standard InChI is InChI=1S/C20H20N2O5/c1-14(23)21-17(12-15-8-4-3-5-9-15)20(25)27-13-19(24)22-16-10-6-7-11-18(16)26-2/h3-12H,13H2,1-2H3,(H,21,23)(H,22,24)/b17-12-. The van der Waals surface area contributed by atoms with Gasteiger partial charge in [-0.1, -0.05) is 42.5 Å². The fraction of sp³-hybridized carbons (Fsp3) is 0.150. The summed E-state index contributed by atoms with van der Waals surface area (Å²) in [5, 5.41) is 5.01. The van der Waals surface area contributed by atoms with E-state index in [1.807, 2.05) is 6.07 Å². The molecule has 0 atom stereocenters. The fourth-order valence-electron chi connectivity index (χ4n) is 2.19. The minimum Gasteiger partial charge on any atom is -0.495 e. The highest BCUT2D eigenvalue weighted by molar-refractivity contribution is 6.00. The van der Waals surface area contributed by atoms with Crippen LogP contribution in [0.4, 0.5) is 5.69 Å². The van der Waals surface area contributed by atoms with Crippen molar-refractivity contribution in [3.05, 3.63) is 65.9 Å². The van der Waals surface area contributed by atoms with Crippen LogP contribution in [0.15, 0.2) is 60.3 Å². The zero-order valence-electron chi connectivity index (χ0n) is 15.0. The number of anilines is 1. The first-order chi connectivity index (χ1) is 13.0. The number of benzene rings is 2. The third-order valence-corrected chi connectivity index (χ3v) is 3.36. The van der Waals surface area contributed by atoms with E-state index in [9.17, 15) is 14.4 Å². The molecule has 0 spiro atoms. The minimum absolute atomic E-state index is 0.0567. The Morgan fingerprint density at radius 3 is 2.33 bits per heavy atom. The maximum Gasteiger partial charge on any atom is 0.355 e. The van der Waals surface area contributed by atoms with Crippen molar-refractivity contribution >= 4 is 29.5 Å². The molecule has 0 aromatic heterocycles. The molecule has 0 fully saturated rings. The van der Waals surface area contributed by atoms with Crippen molar-refractivity contribution in [1.29, 1.82) is 0 Å². The van der Waals surface area contributed by atoms with Crippen LogP contribution in [0.3, 0.4) is 0 Å². The zero-order valence-corrected chi connectivity index (χ0v) is 15.0. The molecule has 0 heterocycles. The van der Waals surface area contributed by atoms with Gasteiger partial charge in [-0.25, -0.2) is 4.79 Å². The highest BCUT2D eigenvalue weighted by atomic mass is 16.5. The SMILES string of the molecule is COc1ccccc1NC(=O)COC(=O)/C(=C/c1ccccc1)NC(C)=O. The summed E-state index contributed by atoms with van der Waals surface area (Å²) in [6.45, 7) is 0.767. The number of rotatable bonds is 7. The van der Waals surface area contributed by atoms with Crippen LogP contribution in [0.2, 0.25) is 0 Å². The summed E-state index contributed by atoms with van der Waals surface area (Å²) in [7, 11) is 1.49. The second-order valence-corrected chi connectivity index (χ2v) is 5.47. The van der Waals surface area contributed by atoms with Crippen LogP contribution in [-0.2, 0) is 19.1 Å². The number of amides is 2. The van der Waals surface area contributed by atoms with Gasteiger partial charge in [-0.15, -0.1) is 0 Å². The summed E-state index contributed by atoms with van der Waals surface area (Å²) in [6.07, 6.45) is 1.47. The number of carbonyl (C=O) groups excluding carboxylic acids is 3. The maximum absolute atomic E-state index is 12.3. The lowest BCUT2D eigenvalue weighted by molar-refractivity contribution is -0.144. The first-order valence-corrected chi connectivity index (χ1v) is 8.14. The van der Waals surface area contributed by atoms with Gasteiger partial charge in [0.25, 0.3) is 5.91 Å². The van der Waals surface area contributed by atoms with Crippen molar-refractivity contribution in [3.63, 3.8) is 0 Å². The number of esters is 1. The Hall–Kier alpha value is -3.61. The molecule has 0 radical (unpaired) electrons. The number of nitrogens with one attached hydrogen (secondary N) is 2. The summed E-state index contributed by atoms with van der Waals surface area (Å²) in [4.78, 5) is 35.6. The number of methoxy groups -OCH3 is 1. The van der Waals surface area contributed by atoms with Crippen molar-refractivity contribution in [2.45, 2.75) is 6.92 Å². The Bertz CT molecular complexity index is 846. The van der Waals surface area contributed by atoms with Crippen molar-refractivity contribution in [3.8, 4) is 5.75 Å². The van der Waals surface area contributed by atoms with Gasteiger partial charge in [0.05, 0.1) is 12.8 Å². The highest BCUT2D eigenvalue weighted by Crippen LogP contribution is 2.22. The predicted molar refractivity (Wildman–Crippen MR) is 101 cm³/mol. The normalized spacial score (nSPS) is 10.7. The number of ether oxygens (including phenoxy) is 2. The number of hydrogen-bond acceptors (Lipinski definition) is 5. The Morgan fingerprint density at radius 2 is 1.67 bits per heavy atom. The smallest absolute Gasteiger partial charge is 0.355 e. The molecule has 140 valence electrons. The second kappa shape index (κ2) is 9.76. The average molecular weight is 368 g/mol. The Balaban J connectivity index is 2.01. The lowest BCUT2D eigenvalue weighted by Crippen LogP contribution is -2.29. The minimum atomic E-state index is -0.816. The lowest BCUT2D eigenvalue weighted by atomic mass is 10.2. The molecule has 0 saturated heterocycles. The molecule has 7 heteroatoms. The van der Waals surface area contributed by atoms with Crippen LogP contribution >= 0.6 is 0 Å². The largest absolute Gasteiger partial charge is 0.495 e. The van der Waals surface area contributed by atoms with Gasteiger partial charge in [0.15, 0.2) is 6.61 Å². The van der Waals surface area contributed by atoms with E-state index in [-0.39, 0.29) is 5.70 Å². The molecule has 0 aliphatic rings. The average Bonchev–Trinajstić information content (AvgIpc) is 2.66. The predicted octanol–water partition coefficient (Wildman–Crippen LogP) is 2.35. The molecule has 2 amide bonds. The van der Waals surface area contributed by atoms with Crippen LogP contribution in [0.5, 0.6) is 5.75 Å². The molecule has 0 aliphatic carbocycles. The van der Waals surface area contributed by atoms with Crippen molar-refractivity contribution < 1.29 is 23.9 Å². The van der Waals surface area contributed by atoms with Crippen molar-refractivity contribution in [2.24, 2.45) is 0 Å². The molecule has 0 unspecified atom stereocenters. The van der Waals surface area contributed by atoms with E-state index in [1.165, 1.54) is 20.1 Å². The monoisotopic (exact) mass is 368 g/mol. The summed E-state index contributed by atoms with van der Waals surface area (Å²) in [6, 6.07) is 15.8. The third kappa shape index (κ3) is 6.32. The first kappa shape index (κ1) is 19.7. The van der Waals surface area contributed by atoms with E-state index < -0.39 is 24.4 Å². The van der Waals surface area contributed by atoms with Gasteiger partial charge in [-0.05, 0) is 23.8 Å². The second-order valence-electron chi connectivity index (χ2n) is 5.47. The molecule has 27 heavy (non-hydrogen) atoms. The van der Waals surface area contributed by atoms with Crippen LogP contribution in [-0.4, -0.2) is 31.5 Å². The van der Waals surface area contributed by atoms with Gasteiger partial charge in [0, 0.05) is 6.92 Å². The molecule has 2 rings (SSSR count). The zero-order chi connectivity index (χ0) is 19.6.